The van der Waals surface area contributed by atoms with Gasteiger partial charge < -0.3 is 9.84 Å². The summed E-state index contributed by atoms with van der Waals surface area (Å²) in [5.41, 5.74) is 2.85. The topological polar surface area (TPSA) is 72.0 Å². The zero-order valence-electron chi connectivity index (χ0n) is 15.7. The van der Waals surface area contributed by atoms with Gasteiger partial charge in [0.05, 0.1) is 29.2 Å². The van der Waals surface area contributed by atoms with Gasteiger partial charge in [-0.25, -0.2) is 4.68 Å². The SMILES string of the molecule is CC(C)c1c(-c2nc(C3CNCCN3C)no2)cnn1-c1ccc(Cl)cc1. The average molecular weight is 387 g/mol. The third-order valence-corrected chi connectivity index (χ3v) is 5.16. The second-order valence-corrected chi connectivity index (χ2v) is 7.58. The Kier molecular flexibility index (Phi) is 4.99. The standard InChI is InChI=1S/C19H23ClN6O/c1-12(2)17-15(10-22-26(17)14-6-4-13(20)5-7-14)19-23-18(24-27-19)16-11-21-8-9-25(16)3/h4-7,10,12,16,21H,8-9,11H2,1-3H3. The number of aromatic nitrogens is 4. The molecule has 0 amide bonds. The zero-order chi connectivity index (χ0) is 19.0. The van der Waals surface area contributed by atoms with Crippen molar-refractivity contribution in [3.8, 4) is 17.1 Å². The summed E-state index contributed by atoms with van der Waals surface area (Å²) in [6, 6.07) is 7.74. The second-order valence-electron chi connectivity index (χ2n) is 7.14. The molecule has 1 atom stereocenters. The summed E-state index contributed by atoms with van der Waals surface area (Å²) in [4.78, 5) is 6.93. The Morgan fingerprint density at radius 1 is 1.26 bits per heavy atom. The van der Waals surface area contributed by atoms with Crippen LogP contribution in [-0.2, 0) is 0 Å². The fourth-order valence-electron chi connectivity index (χ4n) is 3.44. The van der Waals surface area contributed by atoms with E-state index in [1.807, 2.05) is 28.9 Å². The molecule has 4 rings (SSSR count). The minimum absolute atomic E-state index is 0.116. The van der Waals surface area contributed by atoms with Crippen molar-refractivity contribution in [2.75, 3.05) is 26.7 Å². The molecular formula is C19H23ClN6O. The van der Waals surface area contributed by atoms with Crippen molar-refractivity contribution in [1.82, 2.24) is 30.1 Å². The van der Waals surface area contributed by atoms with Crippen molar-refractivity contribution in [2.24, 2.45) is 0 Å². The van der Waals surface area contributed by atoms with E-state index in [4.69, 9.17) is 16.1 Å². The Balaban J connectivity index is 1.71. The Morgan fingerprint density at radius 2 is 2.04 bits per heavy atom. The number of hydrogen-bond donors (Lipinski definition) is 1. The highest BCUT2D eigenvalue weighted by atomic mass is 35.5. The molecule has 8 heteroatoms. The summed E-state index contributed by atoms with van der Waals surface area (Å²) in [7, 11) is 2.08. The predicted molar refractivity (Wildman–Crippen MR) is 104 cm³/mol. The first-order chi connectivity index (χ1) is 13.0. The van der Waals surface area contributed by atoms with Gasteiger partial charge >= 0.3 is 0 Å². The molecule has 0 radical (unpaired) electrons. The minimum Gasteiger partial charge on any atom is -0.334 e. The molecule has 1 aliphatic rings. The molecule has 27 heavy (non-hydrogen) atoms. The summed E-state index contributed by atoms with van der Waals surface area (Å²) in [6.45, 7) is 7.01. The zero-order valence-corrected chi connectivity index (χ0v) is 16.4. The van der Waals surface area contributed by atoms with E-state index in [0.717, 1.165) is 36.6 Å². The molecule has 1 unspecified atom stereocenters. The third kappa shape index (κ3) is 3.50. The highest BCUT2D eigenvalue weighted by molar-refractivity contribution is 6.30. The maximum Gasteiger partial charge on any atom is 0.261 e. The first-order valence-electron chi connectivity index (χ1n) is 9.13. The van der Waals surface area contributed by atoms with Crippen LogP contribution in [0.15, 0.2) is 35.0 Å². The third-order valence-electron chi connectivity index (χ3n) is 4.91. The molecule has 1 saturated heterocycles. The first kappa shape index (κ1) is 18.2. The molecule has 1 aromatic carbocycles. The Hall–Kier alpha value is -2.22. The number of hydrogen-bond acceptors (Lipinski definition) is 6. The molecule has 142 valence electrons. The summed E-state index contributed by atoms with van der Waals surface area (Å²) < 4.78 is 7.53. The molecule has 0 spiro atoms. The molecule has 7 nitrogen and oxygen atoms in total. The van der Waals surface area contributed by atoms with Gasteiger partial charge in [0.1, 0.15) is 0 Å². The fourth-order valence-corrected chi connectivity index (χ4v) is 3.57. The fraction of sp³-hybridized carbons (Fsp3) is 0.421. The number of halogens is 1. The lowest BCUT2D eigenvalue weighted by molar-refractivity contribution is 0.190. The van der Waals surface area contributed by atoms with Crippen LogP contribution < -0.4 is 5.32 Å². The lowest BCUT2D eigenvalue weighted by Crippen LogP contribution is -2.44. The number of likely N-dealkylation sites (N-methyl/N-ethyl adjacent to an activating group) is 1. The van der Waals surface area contributed by atoms with Gasteiger partial charge in [-0.1, -0.05) is 30.6 Å². The number of nitrogens with one attached hydrogen (secondary N) is 1. The number of piperazine rings is 1. The maximum absolute atomic E-state index is 6.02. The van der Waals surface area contributed by atoms with Crippen molar-refractivity contribution in [1.29, 1.82) is 0 Å². The smallest absolute Gasteiger partial charge is 0.261 e. The largest absolute Gasteiger partial charge is 0.334 e. The normalized spacial score (nSPS) is 18.3. The van der Waals surface area contributed by atoms with Gasteiger partial charge in [0.15, 0.2) is 5.82 Å². The summed E-state index contributed by atoms with van der Waals surface area (Å²) in [5.74, 6) is 1.44. The Bertz CT molecular complexity index is 917. The van der Waals surface area contributed by atoms with Crippen LogP contribution in [0.1, 0.15) is 37.3 Å². The van der Waals surface area contributed by atoms with Crippen molar-refractivity contribution in [3.05, 3.63) is 47.0 Å². The quantitative estimate of drug-likeness (QED) is 0.741. The van der Waals surface area contributed by atoms with Crippen LogP contribution in [0.2, 0.25) is 5.02 Å². The van der Waals surface area contributed by atoms with Crippen LogP contribution in [-0.4, -0.2) is 51.5 Å². The molecule has 1 fully saturated rings. The van der Waals surface area contributed by atoms with Crippen molar-refractivity contribution < 1.29 is 4.52 Å². The van der Waals surface area contributed by atoms with Gasteiger partial charge in [-0.05, 0) is 37.2 Å². The predicted octanol–water partition coefficient (Wildman–Crippen LogP) is 3.28. The van der Waals surface area contributed by atoms with Crippen LogP contribution in [0, 0.1) is 0 Å². The number of benzene rings is 1. The van der Waals surface area contributed by atoms with Crippen molar-refractivity contribution >= 4 is 11.6 Å². The van der Waals surface area contributed by atoms with Gasteiger partial charge in [0, 0.05) is 24.7 Å². The minimum atomic E-state index is 0.116. The van der Waals surface area contributed by atoms with Crippen LogP contribution in [0.25, 0.3) is 17.1 Å². The highest BCUT2D eigenvalue weighted by Gasteiger charge is 2.27. The van der Waals surface area contributed by atoms with E-state index in [1.54, 1.807) is 6.20 Å². The Labute approximate surface area is 163 Å². The molecular weight excluding hydrogens is 364 g/mol. The summed E-state index contributed by atoms with van der Waals surface area (Å²) in [5, 5.41) is 12.9. The summed E-state index contributed by atoms with van der Waals surface area (Å²) in [6.07, 6.45) is 1.80. The molecule has 0 aliphatic carbocycles. The highest BCUT2D eigenvalue weighted by Crippen LogP contribution is 2.31. The van der Waals surface area contributed by atoms with Crippen LogP contribution in [0.3, 0.4) is 0 Å². The average Bonchev–Trinajstić information content (AvgIpc) is 3.29. The van der Waals surface area contributed by atoms with E-state index in [0.29, 0.717) is 16.7 Å². The molecule has 1 aliphatic heterocycles. The second kappa shape index (κ2) is 7.42. The van der Waals surface area contributed by atoms with Crippen molar-refractivity contribution in [3.63, 3.8) is 0 Å². The monoisotopic (exact) mass is 386 g/mol. The van der Waals surface area contributed by atoms with Gasteiger partial charge in [-0.2, -0.15) is 10.1 Å². The van der Waals surface area contributed by atoms with E-state index >= 15 is 0 Å². The first-order valence-corrected chi connectivity index (χ1v) is 9.51. The van der Waals surface area contributed by atoms with E-state index in [2.05, 4.69) is 46.4 Å². The van der Waals surface area contributed by atoms with Crippen LogP contribution in [0.5, 0.6) is 0 Å². The van der Waals surface area contributed by atoms with Crippen molar-refractivity contribution in [2.45, 2.75) is 25.8 Å². The molecule has 0 bridgehead atoms. The van der Waals surface area contributed by atoms with E-state index in [-0.39, 0.29) is 12.0 Å². The van der Waals surface area contributed by atoms with E-state index in [9.17, 15) is 0 Å². The van der Waals surface area contributed by atoms with E-state index < -0.39 is 0 Å². The van der Waals surface area contributed by atoms with Crippen LogP contribution >= 0.6 is 11.6 Å². The Morgan fingerprint density at radius 3 is 2.74 bits per heavy atom. The molecule has 2 aromatic heterocycles. The molecule has 3 aromatic rings. The van der Waals surface area contributed by atoms with Gasteiger partial charge in [-0.3, -0.25) is 4.90 Å². The number of rotatable bonds is 4. The molecule has 1 N–H and O–H groups in total. The lowest BCUT2D eigenvalue weighted by Gasteiger charge is -2.30. The van der Waals surface area contributed by atoms with Crippen LogP contribution in [0.4, 0.5) is 0 Å². The van der Waals surface area contributed by atoms with E-state index in [1.165, 1.54) is 0 Å². The maximum atomic E-state index is 6.02. The molecule has 0 saturated carbocycles. The van der Waals surface area contributed by atoms with Gasteiger partial charge in [0.25, 0.3) is 5.89 Å². The molecule has 3 heterocycles. The summed E-state index contributed by atoms with van der Waals surface area (Å²) >= 11 is 6.02. The van der Waals surface area contributed by atoms with Gasteiger partial charge in [0.2, 0.25) is 0 Å². The lowest BCUT2D eigenvalue weighted by atomic mass is 10.1. The number of nitrogens with zero attached hydrogens (tertiary/aromatic N) is 5. The van der Waals surface area contributed by atoms with Gasteiger partial charge in [-0.15, -0.1) is 0 Å².